The number of β-amino-alcohol motifs (C(OH)–C–C–N with tert-alkyl or cyclic N) is 1. The Bertz CT molecular complexity index is 125. The normalized spacial score (nSPS) is 36.0. The first-order valence-corrected chi connectivity index (χ1v) is 4.51. The van der Waals surface area contributed by atoms with E-state index in [1.54, 1.807) is 0 Å². The summed E-state index contributed by atoms with van der Waals surface area (Å²) in [5.74, 6) is 0.809. The van der Waals surface area contributed by atoms with Gasteiger partial charge in [-0.2, -0.15) is 0 Å². The molecule has 66 valence electrons. The van der Waals surface area contributed by atoms with E-state index >= 15 is 0 Å². The Labute approximate surface area is 69.2 Å². The van der Waals surface area contributed by atoms with Gasteiger partial charge < -0.3 is 5.11 Å². The van der Waals surface area contributed by atoms with Gasteiger partial charge in [0.15, 0.2) is 0 Å². The van der Waals surface area contributed by atoms with Crippen LogP contribution in [0.4, 0.5) is 0 Å². The average Bonchev–Trinajstić information content (AvgIpc) is 2.09. The first-order valence-electron chi connectivity index (χ1n) is 4.51. The summed E-state index contributed by atoms with van der Waals surface area (Å²) in [6, 6.07) is 0.666. The summed E-state index contributed by atoms with van der Waals surface area (Å²) >= 11 is 0. The molecule has 0 aromatic heterocycles. The van der Waals surface area contributed by atoms with Crippen LogP contribution >= 0.6 is 0 Å². The highest BCUT2D eigenvalue weighted by Crippen LogP contribution is 2.21. The van der Waals surface area contributed by atoms with E-state index in [0.717, 1.165) is 19.0 Å². The van der Waals surface area contributed by atoms with Gasteiger partial charge in [0, 0.05) is 19.1 Å². The summed E-state index contributed by atoms with van der Waals surface area (Å²) in [6.07, 6.45) is 1.11. The molecule has 2 nitrogen and oxygen atoms in total. The van der Waals surface area contributed by atoms with Gasteiger partial charge in [-0.3, -0.25) is 4.90 Å². The van der Waals surface area contributed by atoms with E-state index in [1.165, 1.54) is 6.42 Å². The van der Waals surface area contributed by atoms with Crippen LogP contribution in [0.1, 0.15) is 27.2 Å². The molecule has 1 rings (SSSR count). The minimum absolute atomic E-state index is 0.178. The first kappa shape index (κ1) is 9.01. The van der Waals surface area contributed by atoms with Crippen LogP contribution in [0.25, 0.3) is 0 Å². The average molecular weight is 157 g/mol. The van der Waals surface area contributed by atoms with E-state index in [9.17, 15) is 5.11 Å². The van der Waals surface area contributed by atoms with Crippen molar-refractivity contribution in [2.45, 2.75) is 39.3 Å². The van der Waals surface area contributed by atoms with Crippen LogP contribution in [0.5, 0.6) is 0 Å². The zero-order valence-corrected chi connectivity index (χ0v) is 7.75. The minimum atomic E-state index is -0.178. The Balaban J connectivity index is 2.34. The van der Waals surface area contributed by atoms with Crippen molar-refractivity contribution in [3.8, 4) is 0 Å². The molecule has 1 fully saturated rings. The van der Waals surface area contributed by atoms with E-state index in [1.807, 2.05) is 6.92 Å². The van der Waals surface area contributed by atoms with Crippen LogP contribution < -0.4 is 0 Å². The third-order valence-electron chi connectivity index (χ3n) is 2.41. The molecule has 0 bridgehead atoms. The van der Waals surface area contributed by atoms with Crippen LogP contribution in [-0.2, 0) is 0 Å². The summed E-state index contributed by atoms with van der Waals surface area (Å²) in [7, 11) is 0. The lowest BCUT2D eigenvalue weighted by atomic mass is 10.1. The molecule has 1 saturated heterocycles. The number of aliphatic hydroxyl groups is 1. The lowest BCUT2D eigenvalue weighted by Gasteiger charge is -2.22. The Hall–Kier alpha value is -0.0800. The Kier molecular flexibility index (Phi) is 2.90. The highest BCUT2D eigenvalue weighted by atomic mass is 16.3. The van der Waals surface area contributed by atoms with Crippen LogP contribution in [0, 0.1) is 5.92 Å². The lowest BCUT2D eigenvalue weighted by Crippen LogP contribution is -2.33. The molecule has 1 aliphatic rings. The Morgan fingerprint density at radius 2 is 2.18 bits per heavy atom. The van der Waals surface area contributed by atoms with Gasteiger partial charge in [0.05, 0.1) is 6.10 Å². The molecule has 0 aliphatic carbocycles. The fourth-order valence-corrected chi connectivity index (χ4v) is 1.98. The molecule has 3 unspecified atom stereocenters. The van der Waals surface area contributed by atoms with Gasteiger partial charge in [-0.1, -0.05) is 6.92 Å². The summed E-state index contributed by atoms with van der Waals surface area (Å²) < 4.78 is 0. The van der Waals surface area contributed by atoms with Gasteiger partial charge in [-0.25, -0.2) is 0 Å². The fraction of sp³-hybridized carbons (Fsp3) is 1.00. The zero-order chi connectivity index (χ0) is 8.43. The number of rotatable bonds is 2. The van der Waals surface area contributed by atoms with E-state index in [-0.39, 0.29) is 6.10 Å². The van der Waals surface area contributed by atoms with Crippen molar-refractivity contribution in [3.05, 3.63) is 0 Å². The minimum Gasteiger partial charge on any atom is -0.392 e. The Morgan fingerprint density at radius 1 is 1.55 bits per heavy atom. The van der Waals surface area contributed by atoms with Gasteiger partial charge in [-0.05, 0) is 26.2 Å². The molecule has 3 atom stereocenters. The largest absolute Gasteiger partial charge is 0.392 e. The van der Waals surface area contributed by atoms with Crippen molar-refractivity contribution in [2.24, 2.45) is 5.92 Å². The second-order valence-electron chi connectivity index (χ2n) is 3.99. The van der Waals surface area contributed by atoms with Crippen molar-refractivity contribution in [2.75, 3.05) is 13.1 Å². The van der Waals surface area contributed by atoms with Crippen LogP contribution in [-0.4, -0.2) is 35.2 Å². The van der Waals surface area contributed by atoms with Crippen LogP contribution in [0.2, 0.25) is 0 Å². The molecular weight excluding hydrogens is 138 g/mol. The first-order chi connectivity index (χ1) is 5.09. The molecule has 0 aromatic rings. The van der Waals surface area contributed by atoms with E-state index in [2.05, 4.69) is 18.7 Å². The molecule has 1 N–H and O–H groups in total. The maximum atomic E-state index is 9.18. The van der Waals surface area contributed by atoms with Crippen molar-refractivity contribution in [3.63, 3.8) is 0 Å². The van der Waals surface area contributed by atoms with Crippen molar-refractivity contribution in [1.82, 2.24) is 4.90 Å². The lowest BCUT2D eigenvalue weighted by molar-refractivity contribution is 0.122. The third kappa shape index (κ3) is 2.46. The summed E-state index contributed by atoms with van der Waals surface area (Å²) in [5, 5.41) is 9.18. The summed E-state index contributed by atoms with van der Waals surface area (Å²) in [4.78, 5) is 2.37. The number of likely N-dealkylation sites (tertiary alicyclic amines) is 1. The summed E-state index contributed by atoms with van der Waals surface area (Å²) in [5.41, 5.74) is 0. The van der Waals surface area contributed by atoms with E-state index < -0.39 is 0 Å². The molecule has 2 heteroatoms. The summed E-state index contributed by atoms with van der Waals surface area (Å²) in [6.45, 7) is 8.37. The van der Waals surface area contributed by atoms with E-state index in [0.29, 0.717) is 6.04 Å². The Morgan fingerprint density at radius 3 is 2.55 bits per heavy atom. The predicted octanol–water partition coefficient (Wildman–Crippen LogP) is 1.10. The topological polar surface area (TPSA) is 23.5 Å². The van der Waals surface area contributed by atoms with Crippen LogP contribution in [0.15, 0.2) is 0 Å². The quantitative estimate of drug-likeness (QED) is 0.649. The predicted molar refractivity (Wildman–Crippen MR) is 46.5 cm³/mol. The van der Waals surface area contributed by atoms with Crippen molar-refractivity contribution >= 4 is 0 Å². The number of aliphatic hydroxyl groups excluding tert-OH is 1. The second kappa shape index (κ2) is 3.55. The second-order valence-corrected chi connectivity index (χ2v) is 3.99. The third-order valence-corrected chi connectivity index (χ3v) is 2.41. The molecular formula is C9H19NO. The molecule has 0 aromatic carbocycles. The fourth-order valence-electron chi connectivity index (χ4n) is 1.98. The molecule has 0 amide bonds. The standard InChI is InChI=1S/C9H19NO/c1-7-4-8(2)10(5-7)6-9(3)11/h7-9,11H,4-6H2,1-3H3. The molecule has 0 spiro atoms. The van der Waals surface area contributed by atoms with Crippen molar-refractivity contribution < 1.29 is 5.11 Å². The molecule has 1 aliphatic heterocycles. The number of hydrogen-bond donors (Lipinski definition) is 1. The van der Waals surface area contributed by atoms with Gasteiger partial charge in [0.25, 0.3) is 0 Å². The van der Waals surface area contributed by atoms with Gasteiger partial charge in [0.2, 0.25) is 0 Å². The molecule has 0 radical (unpaired) electrons. The molecule has 1 heterocycles. The van der Waals surface area contributed by atoms with Crippen molar-refractivity contribution in [1.29, 1.82) is 0 Å². The monoisotopic (exact) mass is 157 g/mol. The number of hydrogen-bond acceptors (Lipinski definition) is 2. The zero-order valence-electron chi connectivity index (χ0n) is 7.75. The maximum absolute atomic E-state index is 9.18. The highest BCUT2D eigenvalue weighted by Gasteiger charge is 2.26. The highest BCUT2D eigenvalue weighted by molar-refractivity contribution is 4.80. The van der Waals surface area contributed by atoms with Gasteiger partial charge in [-0.15, -0.1) is 0 Å². The molecule has 0 saturated carbocycles. The van der Waals surface area contributed by atoms with Crippen LogP contribution in [0.3, 0.4) is 0 Å². The number of nitrogens with zero attached hydrogens (tertiary/aromatic N) is 1. The smallest absolute Gasteiger partial charge is 0.0639 e. The van der Waals surface area contributed by atoms with Gasteiger partial charge >= 0.3 is 0 Å². The molecule has 11 heavy (non-hydrogen) atoms. The maximum Gasteiger partial charge on any atom is 0.0639 e. The van der Waals surface area contributed by atoms with E-state index in [4.69, 9.17) is 0 Å². The van der Waals surface area contributed by atoms with Gasteiger partial charge in [0.1, 0.15) is 0 Å². The SMILES string of the molecule is CC(O)CN1CC(C)CC1C.